The summed E-state index contributed by atoms with van der Waals surface area (Å²) in [6.07, 6.45) is 31.4. The Labute approximate surface area is 253 Å². The Morgan fingerprint density at radius 1 is 0.382 bits per heavy atom. The van der Waals surface area contributed by atoms with Crippen LogP contribution in [0, 0.1) is 0 Å². The van der Waals surface area contributed by atoms with Crippen LogP contribution in [0.25, 0.3) is 0 Å². The molecule has 0 N–H and O–H groups in total. The summed E-state index contributed by atoms with van der Waals surface area (Å²) in [7, 11) is 0. The Kier molecular flexibility index (Phi) is 34.4. The van der Waals surface area contributed by atoms with Gasteiger partial charge in [-0.05, 0) is 12.8 Å². The zero-order chi connectivity index (χ0) is 24.2. The molecular weight excluding hydrogens is 546 g/mol. The predicted molar refractivity (Wildman–Crippen MR) is 151 cm³/mol. The van der Waals surface area contributed by atoms with E-state index in [2.05, 4.69) is 13.8 Å². The Balaban J connectivity index is 0. The van der Waals surface area contributed by atoms with Gasteiger partial charge in [-0.1, -0.05) is 155 Å². The molecule has 3 nitrogen and oxygen atoms in total. The predicted octanol–water partition coefficient (Wildman–Crippen LogP) is 9.32. The molecule has 0 amide bonds. The summed E-state index contributed by atoms with van der Waals surface area (Å²) in [6, 6.07) is 0. The van der Waals surface area contributed by atoms with Crippen molar-refractivity contribution >= 4 is 60.8 Å². The van der Waals surface area contributed by atoms with Crippen molar-refractivity contribution in [3.05, 3.63) is 0 Å². The quantitative estimate of drug-likeness (QED) is 0.0427. The van der Waals surface area contributed by atoms with E-state index in [1.807, 2.05) is 0 Å². The van der Waals surface area contributed by atoms with Crippen LogP contribution in [0.4, 0.5) is 0 Å². The summed E-state index contributed by atoms with van der Waals surface area (Å²) in [5.41, 5.74) is 0. The first kappa shape index (κ1) is 36.9. The van der Waals surface area contributed by atoms with Gasteiger partial charge in [-0.3, -0.25) is 9.59 Å². The van der Waals surface area contributed by atoms with Gasteiger partial charge >= 0.3 is 60.8 Å². The van der Waals surface area contributed by atoms with Crippen LogP contribution in [-0.4, -0.2) is 60.8 Å². The minimum atomic E-state index is -0.328. The fraction of sp³-hybridized carbons (Fsp3) is 0.933. The first-order chi connectivity index (χ1) is 16.2. The number of esters is 2. The Bertz CT molecular complexity index is 425. The Morgan fingerprint density at radius 3 is 0.824 bits per heavy atom. The summed E-state index contributed by atoms with van der Waals surface area (Å²) in [4.78, 5) is 23.6. The van der Waals surface area contributed by atoms with Crippen LogP contribution >= 0.6 is 0 Å². The van der Waals surface area contributed by atoms with Gasteiger partial charge in [0, 0.05) is 12.8 Å². The first-order valence-electron chi connectivity index (χ1n) is 14.9. The number of carbonyl (C=O) groups is 2. The van der Waals surface area contributed by atoms with E-state index >= 15 is 0 Å². The van der Waals surface area contributed by atoms with Crippen molar-refractivity contribution in [3.8, 4) is 0 Å². The van der Waals surface area contributed by atoms with Gasteiger partial charge in [0.2, 0.25) is 0 Å². The molecule has 0 saturated heterocycles. The van der Waals surface area contributed by atoms with Crippen molar-refractivity contribution in [2.45, 2.75) is 181 Å². The average Bonchev–Trinajstić information content (AvgIpc) is 2.80. The SMILES string of the molecule is CCCCCCCCCCCCCCCC(=O)OC(=O)CCCCCCCCCCCCC.[BaH2]. The average molecular weight is 606 g/mol. The molecule has 0 aliphatic carbocycles. The van der Waals surface area contributed by atoms with Crippen LogP contribution < -0.4 is 0 Å². The van der Waals surface area contributed by atoms with Crippen LogP contribution in [0.1, 0.15) is 181 Å². The molecule has 0 rings (SSSR count). The molecule has 34 heavy (non-hydrogen) atoms. The fourth-order valence-electron chi connectivity index (χ4n) is 4.45. The second-order valence-corrected chi connectivity index (χ2v) is 10.1. The number of carbonyl (C=O) groups excluding carboxylic acids is 2. The molecule has 0 fully saturated rings. The van der Waals surface area contributed by atoms with Gasteiger partial charge < -0.3 is 4.74 Å². The summed E-state index contributed by atoms with van der Waals surface area (Å²) >= 11 is 0. The zero-order valence-corrected chi connectivity index (χ0v) is 22.6. The third-order valence-corrected chi connectivity index (χ3v) is 6.70. The van der Waals surface area contributed by atoms with Crippen LogP contribution in [-0.2, 0) is 14.3 Å². The zero-order valence-electron chi connectivity index (χ0n) is 22.6. The molecule has 0 radical (unpaired) electrons. The van der Waals surface area contributed by atoms with Gasteiger partial charge in [-0.25, -0.2) is 0 Å². The van der Waals surface area contributed by atoms with E-state index in [-0.39, 0.29) is 60.8 Å². The second kappa shape index (κ2) is 31.7. The molecule has 200 valence electrons. The molecule has 0 heterocycles. The minimum absolute atomic E-state index is 0. The molecule has 0 unspecified atom stereocenters. The van der Waals surface area contributed by atoms with E-state index in [1.54, 1.807) is 0 Å². The van der Waals surface area contributed by atoms with Crippen LogP contribution in [0.3, 0.4) is 0 Å². The van der Waals surface area contributed by atoms with E-state index in [0.29, 0.717) is 12.8 Å². The maximum atomic E-state index is 11.8. The molecule has 0 aromatic carbocycles. The summed E-state index contributed by atoms with van der Waals surface area (Å²) in [6.45, 7) is 4.52. The molecule has 4 heteroatoms. The van der Waals surface area contributed by atoms with Crippen molar-refractivity contribution in [1.82, 2.24) is 0 Å². The maximum absolute atomic E-state index is 11.8. The van der Waals surface area contributed by atoms with Crippen LogP contribution in [0.2, 0.25) is 0 Å². The molecule has 0 aliphatic heterocycles. The number of rotatable bonds is 26. The Hall–Kier alpha value is 0.711. The topological polar surface area (TPSA) is 43.4 Å². The molecule has 0 aromatic heterocycles. The molecule has 0 bridgehead atoms. The Morgan fingerprint density at radius 2 is 0.588 bits per heavy atom. The van der Waals surface area contributed by atoms with E-state index in [4.69, 9.17) is 4.74 Å². The van der Waals surface area contributed by atoms with Crippen molar-refractivity contribution < 1.29 is 14.3 Å². The van der Waals surface area contributed by atoms with E-state index in [0.717, 1.165) is 25.7 Å². The third-order valence-electron chi connectivity index (χ3n) is 6.70. The van der Waals surface area contributed by atoms with Gasteiger partial charge in [0.25, 0.3) is 0 Å². The fourth-order valence-corrected chi connectivity index (χ4v) is 4.45. The van der Waals surface area contributed by atoms with Crippen molar-refractivity contribution in [3.63, 3.8) is 0 Å². The summed E-state index contributed by atoms with van der Waals surface area (Å²) in [5, 5.41) is 0. The van der Waals surface area contributed by atoms with E-state index in [1.165, 1.54) is 128 Å². The number of hydrogen-bond donors (Lipinski definition) is 0. The molecule has 0 aromatic rings. The first-order valence-corrected chi connectivity index (χ1v) is 14.9. The molecule has 0 saturated carbocycles. The standard InChI is InChI=1S/C30H58O3.Ba.2H/c1-3-5-7-9-11-13-15-16-18-20-22-24-26-28-30(32)33-29(31)27-25-23-21-19-17-14-12-10-8-6-4-2;;;/h3-28H2,1-2H3;;;. The van der Waals surface area contributed by atoms with Crippen LogP contribution in [0.5, 0.6) is 0 Å². The number of hydrogen-bond acceptors (Lipinski definition) is 3. The van der Waals surface area contributed by atoms with E-state index in [9.17, 15) is 9.59 Å². The molecule has 0 aliphatic rings. The monoisotopic (exact) mass is 606 g/mol. The summed E-state index contributed by atoms with van der Waals surface area (Å²) < 4.78 is 4.97. The van der Waals surface area contributed by atoms with Gasteiger partial charge in [-0.15, -0.1) is 0 Å². The van der Waals surface area contributed by atoms with Crippen molar-refractivity contribution in [1.29, 1.82) is 0 Å². The normalized spacial score (nSPS) is 10.8. The third kappa shape index (κ3) is 30.7. The van der Waals surface area contributed by atoms with E-state index < -0.39 is 0 Å². The summed E-state index contributed by atoms with van der Waals surface area (Å²) in [5.74, 6) is -0.656. The van der Waals surface area contributed by atoms with Gasteiger partial charge in [-0.2, -0.15) is 0 Å². The molecule has 0 spiro atoms. The molecule has 0 atom stereocenters. The second-order valence-electron chi connectivity index (χ2n) is 10.1. The van der Waals surface area contributed by atoms with Crippen LogP contribution in [0.15, 0.2) is 0 Å². The van der Waals surface area contributed by atoms with Crippen molar-refractivity contribution in [2.75, 3.05) is 0 Å². The van der Waals surface area contributed by atoms with Gasteiger partial charge in [0.1, 0.15) is 0 Å². The number of unbranched alkanes of at least 4 members (excludes halogenated alkanes) is 22. The van der Waals surface area contributed by atoms with Gasteiger partial charge in [0.15, 0.2) is 0 Å². The number of ether oxygens (including phenoxy) is 1. The van der Waals surface area contributed by atoms with Crippen molar-refractivity contribution in [2.24, 2.45) is 0 Å². The molecular formula is C30H60BaO3. The van der Waals surface area contributed by atoms with Gasteiger partial charge in [0.05, 0.1) is 0 Å².